The summed E-state index contributed by atoms with van der Waals surface area (Å²) in [7, 11) is 0. The van der Waals surface area contributed by atoms with Gasteiger partial charge in [0.1, 0.15) is 0 Å². The van der Waals surface area contributed by atoms with E-state index in [-0.39, 0.29) is 6.03 Å². The average Bonchev–Trinajstić information content (AvgIpc) is 3.14. The van der Waals surface area contributed by atoms with E-state index >= 15 is 0 Å². The highest BCUT2D eigenvalue weighted by atomic mass is 32.1. The molecule has 0 atom stereocenters. The van der Waals surface area contributed by atoms with Gasteiger partial charge < -0.3 is 15.2 Å². The van der Waals surface area contributed by atoms with Crippen LogP contribution in [0.1, 0.15) is 15.8 Å². The summed E-state index contributed by atoms with van der Waals surface area (Å²) in [6, 6.07) is 6.99. The van der Waals surface area contributed by atoms with Crippen LogP contribution in [0.2, 0.25) is 0 Å². The fraction of sp³-hybridized carbons (Fsp3) is 0.200. The molecule has 1 aromatic carbocycles. The second kappa shape index (κ2) is 6.57. The van der Waals surface area contributed by atoms with E-state index in [0.717, 1.165) is 15.4 Å². The summed E-state index contributed by atoms with van der Waals surface area (Å²) in [5.74, 6) is 0.989. The van der Waals surface area contributed by atoms with Crippen LogP contribution < -0.4 is 10.6 Å². The number of carbonyl (C=O) groups is 1. The molecule has 3 aromatic rings. The Morgan fingerprint density at radius 2 is 2.22 bits per heavy atom. The molecule has 2 aromatic heterocycles. The minimum atomic E-state index is -0.280. The van der Waals surface area contributed by atoms with Crippen molar-refractivity contribution in [1.29, 1.82) is 0 Å². The number of hydrogen-bond acceptors (Lipinski definition) is 6. The van der Waals surface area contributed by atoms with Crippen LogP contribution in [0, 0.1) is 13.8 Å². The molecule has 2 heterocycles. The number of thiazole rings is 1. The molecule has 0 aliphatic rings. The molecule has 23 heavy (non-hydrogen) atoms. The number of benzene rings is 1. The van der Waals surface area contributed by atoms with Crippen molar-refractivity contribution in [3.8, 4) is 11.4 Å². The van der Waals surface area contributed by atoms with E-state index in [4.69, 9.17) is 4.52 Å². The highest BCUT2D eigenvalue weighted by Crippen LogP contribution is 2.20. The van der Waals surface area contributed by atoms with Crippen LogP contribution in [0.4, 0.5) is 10.5 Å². The number of hydrogen-bond donors (Lipinski definition) is 2. The highest BCUT2D eigenvalue weighted by molar-refractivity contribution is 7.11. The van der Waals surface area contributed by atoms with Crippen LogP contribution in [-0.2, 0) is 6.54 Å². The average molecular weight is 329 g/mol. The summed E-state index contributed by atoms with van der Waals surface area (Å²) in [6.45, 7) is 4.10. The zero-order valence-electron chi connectivity index (χ0n) is 12.7. The molecule has 8 heteroatoms. The molecule has 0 radical (unpaired) electrons. The lowest BCUT2D eigenvalue weighted by molar-refractivity contribution is 0.252. The number of amides is 2. The van der Waals surface area contributed by atoms with E-state index in [9.17, 15) is 4.79 Å². The lowest BCUT2D eigenvalue weighted by atomic mass is 10.2. The standard InChI is InChI=1S/C15H15N5O2S/c1-9-18-14(20-22-9)11-4-3-5-12(6-11)19-15(21)17-8-13-7-16-10(2)23-13/h3-7H,8H2,1-2H3,(H2,17,19,21). The monoisotopic (exact) mass is 329 g/mol. The van der Waals surface area contributed by atoms with Crippen molar-refractivity contribution in [2.45, 2.75) is 20.4 Å². The van der Waals surface area contributed by atoms with Crippen LogP contribution in [0.5, 0.6) is 0 Å². The predicted octanol–water partition coefficient (Wildman–Crippen LogP) is 3.13. The second-order valence-corrected chi connectivity index (χ2v) is 6.19. The Balaban J connectivity index is 1.62. The van der Waals surface area contributed by atoms with Gasteiger partial charge in [0.05, 0.1) is 11.6 Å². The maximum absolute atomic E-state index is 12.0. The van der Waals surface area contributed by atoms with Gasteiger partial charge in [0.25, 0.3) is 0 Å². The first kappa shape index (κ1) is 15.2. The summed E-state index contributed by atoms with van der Waals surface area (Å²) < 4.78 is 4.96. The van der Waals surface area contributed by atoms with Crippen molar-refractivity contribution in [2.75, 3.05) is 5.32 Å². The SMILES string of the molecule is Cc1nc(-c2cccc(NC(=O)NCc3cnc(C)s3)c2)no1. The molecule has 0 bridgehead atoms. The van der Waals surface area contributed by atoms with Gasteiger partial charge >= 0.3 is 6.03 Å². The van der Waals surface area contributed by atoms with Gasteiger partial charge in [-0.25, -0.2) is 9.78 Å². The molecular weight excluding hydrogens is 314 g/mol. The van der Waals surface area contributed by atoms with Gasteiger partial charge in [0.2, 0.25) is 11.7 Å². The Hall–Kier alpha value is -2.74. The van der Waals surface area contributed by atoms with Crippen molar-refractivity contribution < 1.29 is 9.32 Å². The van der Waals surface area contributed by atoms with Crippen LogP contribution in [0.15, 0.2) is 35.0 Å². The lowest BCUT2D eigenvalue weighted by Crippen LogP contribution is -2.27. The number of rotatable bonds is 4. The van der Waals surface area contributed by atoms with Crippen molar-refractivity contribution in [1.82, 2.24) is 20.4 Å². The molecule has 0 saturated heterocycles. The first-order valence-corrected chi connectivity index (χ1v) is 7.79. The fourth-order valence-corrected chi connectivity index (χ4v) is 2.72. The van der Waals surface area contributed by atoms with Crippen LogP contribution in [0.3, 0.4) is 0 Å². The molecule has 2 N–H and O–H groups in total. The number of nitrogens with zero attached hydrogens (tertiary/aromatic N) is 3. The minimum Gasteiger partial charge on any atom is -0.339 e. The molecular formula is C15H15N5O2S. The van der Waals surface area contributed by atoms with Crippen molar-refractivity contribution in [3.05, 3.63) is 46.2 Å². The van der Waals surface area contributed by atoms with Crippen LogP contribution in [-0.4, -0.2) is 21.2 Å². The topological polar surface area (TPSA) is 92.9 Å². The molecule has 0 saturated carbocycles. The number of nitrogens with one attached hydrogen (secondary N) is 2. The van der Waals surface area contributed by atoms with Gasteiger partial charge in [-0.3, -0.25) is 0 Å². The Morgan fingerprint density at radius 1 is 1.35 bits per heavy atom. The smallest absolute Gasteiger partial charge is 0.319 e. The van der Waals surface area contributed by atoms with Crippen molar-refractivity contribution in [2.24, 2.45) is 0 Å². The first-order chi connectivity index (χ1) is 11.1. The summed E-state index contributed by atoms with van der Waals surface area (Å²) in [4.78, 5) is 21.3. The fourth-order valence-electron chi connectivity index (χ4n) is 1.98. The van der Waals surface area contributed by atoms with Crippen LogP contribution >= 0.6 is 11.3 Å². The van der Waals surface area contributed by atoms with E-state index in [1.54, 1.807) is 36.6 Å². The largest absolute Gasteiger partial charge is 0.339 e. The normalized spacial score (nSPS) is 10.5. The van der Waals surface area contributed by atoms with Gasteiger partial charge in [-0.15, -0.1) is 11.3 Å². The minimum absolute atomic E-state index is 0.280. The summed E-state index contributed by atoms with van der Waals surface area (Å²) in [5.41, 5.74) is 1.43. The van der Waals surface area contributed by atoms with Gasteiger partial charge in [-0.2, -0.15) is 4.98 Å². The molecule has 0 aliphatic heterocycles. The molecule has 0 fully saturated rings. The van der Waals surface area contributed by atoms with E-state index in [1.807, 2.05) is 19.1 Å². The third-order valence-electron chi connectivity index (χ3n) is 3.00. The quantitative estimate of drug-likeness (QED) is 0.767. The second-order valence-electron chi connectivity index (χ2n) is 4.87. The lowest BCUT2D eigenvalue weighted by Gasteiger charge is -2.07. The molecule has 7 nitrogen and oxygen atoms in total. The van der Waals surface area contributed by atoms with E-state index in [0.29, 0.717) is 23.9 Å². The Labute approximate surface area is 136 Å². The molecule has 0 spiro atoms. The molecule has 3 rings (SSSR count). The van der Waals surface area contributed by atoms with E-state index in [1.165, 1.54) is 0 Å². The van der Waals surface area contributed by atoms with Crippen molar-refractivity contribution in [3.63, 3.8) is 0 Å². The van der Waals surface area contributed by atoms with Crippen molar-refractivity contribution >= 4 is 23.1 Å². The van der Waals surface area contributed by atoms with Gasteiger partial charge in [0, 0.05) is 29.2 Å². The maximum atomic E-state index is 12.0. The molecule has 2 amide bonds. The zero-order chi connectivity index (χ0) is 16.2. The number of aromatic nitrogens is 3. The van der Waals surface area contributed by atoms with Gasteiger partial charge in [-0.05, 0) is 19.1 Å². The maximum Gasteiger partial charge on any atom is 0.319 e. The first-order valence-electron chi connectivity index (χ1n) is 6.97. The summed E-state index contributed by atoms with van der Waals surface area (Å²) in [6.07, 6.45) is 1.76. The predicted molar refractivity (Wildman–Crippen MR) is 87.2 cm³/mol. The highest BCUT2D eigenvalue weighted by Gasteiger charge is 2.08. The number of anilines is 1. The van der Waals surface area contributed by atoms with Gasteiger partial charge in [0.15, 0.2) is 0 Å². The Kier molecular flexibility index (Phi) is 4.33. The Bertz CT molecular complexity index is 827. The van der Waals surface area contributed by atoms with Gasteiger partial charge in [-0.1, -0.05) is 17.3 Å². The molecule has 0 aliphatic carbocycles. The zero-order valence-corrected chi connectivity index (χ0v) is 13.5. The molecule has 118 valence electrons. The van der Waals surface area contributed by atoms with Crippen LogP contribution in [0.25, 0.3) is 11.4 Å². The third kappa shape index (κ3) is 3.92. The summed E-state index contributed by atoms with van der Waals surface area (Å²) in [5, 5.41) is 10.4. The van der Waals surface area contributed by atoms with E-state index in [2.05, 4.69) is 25.8 Å². The Morgan fingerprint density at radius 3 is 2.91 bits per heavy atom. The number of urea groups is 1. The number of carbonyl (C=O) groups excluding carboxylic acids is 1. The molecule has 0 unspecified atom stereocenters. The summed E-state index contributed by atoms with van der Waals surface area (Å²) >= 11 is 1.56. The van der Waals surface area contributed by atoms with E-state index < -0.39 is 0 Å². The number of aryl methyl sites for hydroxylation is 2. The third-order valence-corrected chi connectivity index (χ3v) is 3.91.